The van der Waals surface area contributed by atoms with Crippen LogP contribution in [0, 0.1) is 17.1 Å². The zero-order valence-electron chi connectivity index (χ0n) is 9.74. The minimum atomic E-state index is -0.418. The van der Waals surface area contributed by atoms with E-state index in [9.17, 15) is 9.18 Å². The van der Waals surface area contributed by atoms with Crippen LogP contribution < -0.4 is 0 Å². The third-order valence-corrected chi connectivity index (χ3v) is 3.07. The van der Waals surface area contributed by atoms with Crippen LogP contribution >= 0.6 is 11.8 Å². The Kier molecular flexibility index (Phi) is 4.98. The van der Waals surface area contributed by atoms with Crippen molar-refractivity contribution < 1.29 is 9.18 Å². The first-order chi connectivity index (χ1) is 8.02. The highest BCUT2D eigenvalue weighted by Crippen LogP contribution is 2.15. The van der Waals surface area contributed by atoms with Crippen LogP contribution in [0.15, 0.2) is 18.2 Å². The predicted octanol–water partition coefficient (Wildman–Crippen LogP) is 2.02. The molecule has 90 valence electrons. The van der Waals surface area contributed by atoms with Crippen LogP contribution in [0.5, 0.6) is 0 Å². The van der Waals surface area contributed by atoms with E-state index in [0.717, 1.165) is 5.56 Å². The van der Waals surface area contributed by atoms with Gasteiger partial charge in [0.1, 0.15) is 5.82 Å². The van der Waals surface area contributed by atoms with Crippen LogP contribution in [0.3, 0.4) is 0 Å². The molecule has 0 aromatic heterocycles. The SMILES string of the molecule is CN(C)C(=O)CSCc1cc(F)cc(C#N)c1. The van der Waals surface area contributed by atoms with Crippen molar-refractivity contribution in [2.24, 2.45) is 0 Å². The Labute approximate surface area is 104 Å². The zero-order chi connectivity index (χ0) is 12.8. The second-order valence-corrected chi connectivity index (χ2v) is 4.73. The van der Waals surface area contributed by atoms with Crippen LogP contribution in [0.2, 0.25) is 0 Å². The van der Waals surface area contributed by atoms with Crippen LogP contribution in [-0.2, 0) is 10.5 Å². The number of rotatable bonds is 4. The molecule has 0 aliphatic rings. The van der Waals surface area contributed by atoms with Gasteiger partial charge in [0.25, 0.3) is 0 Å². The van der Waals surface area contributed by atoms with Crippen molar-refractivity contribution in [1.82, 2.24) is 4.90 Å². The average Bonchev–Trinajstić information content (AvgIpc) is 2.27. The molecule has 1 aromatic carbocycles. The predicted molar refractivity (Wildman–Crippen MR) is 66.0 cm³/mol. The first kappa shape index (κ1) is 13.5. The van der Waals surface area contributed by atoms with Crippen molar-refractivity contribution in [2.75, 3.05) is 19.8 Å². The fourth-order valence-corrected chi connectivity index (χ4v) is 2.12. The molecule has 1 rings (SSSR count). The van der Waals surface area contributed by atoms with E-state index in [4.69, 9.17) is 5.26 Å². The molecular formula is C12H13FN2OS. The van der Waals surface area contributed by atoms with Gasteiger partial charge in [-0.25, -0.2) is 4.39 Å². The van der Waals surface area contributed by atoms with Crippen LogP contribution in [0.1, 0.15) is 11.1 Å². The molecule has 0 spiro atoms. The Bertz CT molecular complexity index is 454. The number of nitriles is 1. The van der Waals surface area contributed by atoms with E-state index >= 15 is 0 Å². The molecule has 0 fully saturated rings. The molecule has 0 aliphatic carbocycles. The van der Waals surface area contributed by atoms with Gasteiger partial charge < -0.3 is 4.90 Å². The first-order valence-electron chi connectivity index (χ1n) is 5.00. The van der Waals surface area contributed by atoms with Gasteiger partial charge in [-0.05, 0) is 23.8 Å². The number of halogens is 1. The fraction of sp³-hybridized carbons (Fsp3) is 0.333. The minimum absolute atomic E-state index is 0.0203. The number of carbonyl (C=O) groups is 1. The minimum Gasteiger partial charge on any atom is -0.348 e. The lowest BCUT2D eigenvalue weighted by Crippen LogP contribution is -2.23. The Balaban J connectivity index is 2.55. The normalized spacial score (nSPS) is 9.76. The summed E-state index contributed by atoms with van der Waals surface area (Å²) in [6.45, 7) is 0. The van der Waals surface area contributed by atoms with Gasteiger partial charge in [-0.15, -0.1) is 11.8 Å². The smallest absolute Gasteiger partial charge is 0.232 e. The molecule has 0 N–H and O–H groups in total. The first-order valence-corrected chi connectivity index (χ1v) is 6.16. The average molecular weight is 252 g/mol. The third-order valence-electron chi connectivity index (χ3n) is 2.08. The summed E-state index contributed by atoms with van der Waals surface area (Å²) in [5, 5.41) is 8.69. The van der Waals surface area contributed by atoms with E-state index in [1.165, 1.54) is 28.8 Å². The van der Waals surface area contributed by atoms with E-state index in [1.807, 2.05) is 6.07 Å². The summed E-state index contributed by atoms with van der Waals surface area (Å²) >= 11 is 1.40. The summed E-state index contributed by atoms with van der Waals surface area (Å²) in [6.07, 6.45) is 0. The lowest BCUT2D eigenvalue weighted by molar-refractivity contribution is -0.125. The standard InChI is InChI=1S/C12H13FN2OS/c1-15(2)12(16)8-17-7-10-3-9(6-14)4-11(13)5-10/h3-5H,7-8H2,1-2H3. The van der Waals surface area contributed by atoms with E-state index in [-0.39, 0.29) is 5.91 Å². The second kappa shape index (κ2) is 6.26. The fourth-order valence-electron chi connectivity index (χ4n) is 1.18. The lowest BCUT2D eigenvalue weighted by Gasteiger charge is -2.09. The number of nitrogens with zero attached hydrogens (tertiary/aromatic N) is 2. The molecule has 0 aliphatic heterocycles. The molecule has 0 radical (unpaired) electrons. The molecule has 5 heteroatoms. The topological polar surface area (TPSA) is 44.1 Å². The molecule has 0 bridgehead atoms. The van der Waals surface area contributed by atoms with Crippen LogP contribution in [0.4, 0.5) is 4.39 Å². The van der Waals surface area contributed by atoms with Gasteiger partial charge in [-0.2, -0.15) is 5.26 Å². The Hall–Kier alpha value is -1.54. The van der Waals surface area contributed by atoms with Crippen LogP contribution in [-0.4, -0.2) is 30.7 Å². The van der Waals surface area contributed by atoms with E-state index < -0.39 is 5.82 Å². The maximum atomic E-state index is 13.1. The van der Waals surface area contributed by atoms with E-state index in [1.54, 1.807) is 20.2 Å². The number of hydrogen-bond donors (Lipinski definition) is 0. The molecule has 0 heterocycles. The molecular weight excluding hydrogens is 239 g/mol. The van der Waals surface area contributed by atoms with Gasteiger partial charge in [0, 0.05) is 19.8 Å². The van der Waals surface area contributed by atoms with Gasteiger partial charge in [0.2, 0.25) is 5.91 Å². The highest BCUT2D eigenvalue weighted by molar-refractivity contribution is 7.99. The highest BCUT2D eigenvalue weighted by Gasteiger charge is 2.05. The molecule has 0 unspecified atom stereocenters. The number of hydrogen-bond acceptors (Lipinski definition) is 3. The van der Waals surface area contributed by atoms with Crippen molar-refractivity contribution in [3.8, 4) is 6.07 Å². The maximum absolute atomic E-state index is 13.1. The summed E-state index contributed by atoms with van der Waals surface area (Å²) in [5.74, 6) is 0.475. The molecule has 0 atom stereocenters. The zero-order valence-corrected chi connectivity index (χ0v) is 10.6. The van der Waals surface area contributed by atoms with Crippen molar-refractivity contribution in [3.05, 3.63) is 35.1 Å². The van der Waals surface area contributed by atoms with Crippen molar-refractivity contribution in [3.63, 3.8) is 0 Å². The van der Waals surface area contributed by atoms with E-state index in [2.05, 4.69) is 0 Å². The van der Waals surface area contributed by atoms with Crippen molar-refractivity contribution in [2.45, 2.75) is 5.75 Å². The Morgan fingerprint density at radius 1 is 1.47 bits per heavy atom. The highest BCUT2D eigenvalue weighted by atomic mass is 32.2. The molecule has 1 amide bonds. The molecule has 3 nitrogen and oxygen atoms in total. The number of carbonyl (C=O) groups excluding carboxylic acids is 1. The van der Waals surface area contributed by atoms with Gasteiger partial charge in [0.15, 0.2) is 0 Å². The summed E-state index contributed by atoms with van der Waals surface area (Å²) in [5.41, 5.74) is 1.03. The Morgan fingerprint density at radius 2 is 2.18 bits per heavy atom. The summed E-state index contributed by atoms with van der Waals surface area (Å²) in [4.78, 5) is 12.8. The third kappa shape index (κ3) is 4.45. The summed E-state index contributed by atoms with van der Waals surface area (Å²) in [7, 11) is 3.39. The second-order valence-electron chi connectivity index (χ2n) is 3.74. The van der Waals surface area contributed by atoms with Crippen molar-refractivity contribution >= 4 is 17.7 Å². The molecule has 17 heavy (non-hydrogen) atoms. The van der Waals surface area contributed by atoms with Gasteiger partial charge in [-0.1, -0.05) is 0 Å². The molecule has 1 aromatic rings. The number of benzene rings is 1. The summed E-state index contributed by atoms with van der Waals surface area (Å²) < 4.78 is 13.1. The molecule has 0 saturated heterocycles. The monoisotopic (exact) mass is 252 g/mol. The molecule has 0 saturated carbocycles. The van der Waals surface area contributed by atoms with Gasteiger partial charge in [0.05, 0.1) is 17.4 Å². The van der Waals surface area contributed by atoms with Crippen molar-refractivity contribution in [1.29, 1.82) is 5.26 Å². The number of amides is 1. The number of thioether (sulfide) groups is 1. The van der Waals surface area contributed by atoms with Crippen LogP contribution in [0.25, 0.3) is 0 Å². The largest absolute Gasteiger partial charge is 0.348 e. The summed E-state index contributed by atoms with van der Waals surface area (Å²) in [6, 6.07) is 6.11. The lowest BCUT2D eigenvalue weighted by atomic mass is 10.1. The quantitative estimate of drug-likeness (QED) is 0.823. The van der Waals surface area contributed by atoms with Gasteiger partial charge >= 0.3 is 0 Å². The maximum Gasteiger partial charge on any atom is 0.232 e. The van der Waals surface area contributed by atoms with Gasteiger partial charge in [-0.3, -0.25) is 4.79 Å². The Morgan fingerprint density at radius 3 is 2.76 bits per heavy atom. The van der Waals surface area contributed by atoms with E-state index in [0.29, 0.717) is 17.1 Å².